The van der Waals surface area contributed by atoms with E-state index in [2.05, 4.69) is 11.1 Å². The van der Waals surface area contributed by atoms with Crippen LogP contribution >= 0.6 is 11.8 Å². The van der Waals surface area contributed by atoms with Crippen molar-refractivity contribution in [3.8, 4) is 6.07 Å². The molecule has 1 heterocycles. The number of carbonyl (C=O) groups is 1. The minimum absolute atomic E-state index is 0.408. The van der Waals surface area contributed by atoms with Crippen LogP contribution in [0.5, 0.6) is 0 Å². The van der Waals surface area contributed by atoms with E-state index >= 15 is 0 Å². The molecule has 23 heavy (non-hydrogen) atoms. The summed E-state index contributed by atoms with van der Waals surface area (Å²) in [6.45, 7) is 1.99. The molecular formula is C15H16F3N3OS. The molecular weight excluding hydrogens is 327 g/mol. The summed E-state index contributed by atoms with van der Waals surface area (Å²) in [6, 6.07) is 2.10. The first-order chi connectivity index (χ1) is 10.7. The quantitative estimate of drug-likeness (QED) is 0.854. The molecule has 1 aliphatic carbocycles. The molecule has 8 heteroatoms. The Kier molecular flexibility index (Phi) is 5.19. The van der Waals surface area contributed by atoms with Crippen LogP contribution in [0.1, 0.15) is 35.7 Å². The van der Waals surface area contributed by atoms with Crippen LogP contribution in [0.15, 0.2) is 5.03 Å². The van der Waals surface area contributed by atoms with Gasteiger partial charge in [-0.05, 0) is 44.2 Å². The summed E-state index contributed by atoms with van der Waals surface area (Å²) in [6.07, 6.45) is -1.76. The summed E-state index contributed by atoms with van der Waals surface area (Å²) in [5.74, 6) is -0.726. The molecule has 1 aliphatic rings. The van der Waals surface area contributed by atoms with Gasteiger partial charge in [-0.25, -0.2) is 4.98 Å². The SMILES string of the molecule is Cc1c(C#N)c(SC(C)C(=O)NCC(F)(F)F)nc2c1CCC2. The maximum absolute atomic E-state index is 12.2. The summed E-state index contributed by atoms with van der Waals surface area (Å²) in [5, 5.41) is 10.8. The van der Waals surface area contributed by atoms with Gasteiger partial charge in [0.05, 0.1) is 10.8 Å². The predicted molar refractivity (Wildman–Crippen MR) is 80.1 cm³/mol. The Morgan fingerprint density at radius 1 is 1.48 bits per heavy atom. The number of rotatable bonds is 4. The molecule has 4 nitrogen and oxygen atoms in total. The number of halogens is 3. The molecule has 0 spiro atoms. The van der Waals surface area contributed by atoms with E-state index < -0.39 is 23.9 Å². The van der Waals surface area contributed by atoms with Crippen LogP contribution in [-0.4, -0.2) is 28.9 Å². The Morgan fingerprint density at radius 2 is 2.17 bits per heavy atom. The van der Waals surface area contributed by atoms with Gasteiger partial charge in [-0.2, -0.15) is 18.4 Å². The molecule has 1 aromatic heterocycles. The van der Waals surface area contributed by atoms with E-state index in [1.165, 1.54) is 6.92 Å². The zero-order valence-corrected chi connectivity index (χ0v) is 13.6. The number of fused-ring (bicyclic) bond motifs is 1. The van der Waals surface area contributed by atoms with Gasteiger partial charge in [-0.3, -0.25) is 4.79 Å². The van der Waals surface area contributed by atoms with E-state index in [0.717, 1.165) is 47.8 Å². The van der Waals surface area contributed by atoms with Crippen molar-refractivity contribution < 1.29 is 18.0 Å². The minimum atomic E-state index is -4.44. The number of thioether (sulfide) groups is 1. The highest BCUT2D eigenvalue weighted by atomic mass is 32.2. The molecule has 1 aromatic rings. The van der Waals surface area contributed by atoms with Crippen molar-refractivity contribution in [1.82, 2.24) is 10.3 Å². The lowest BCUT2D eigenvalue weighted by atomic mass is 10.0. The third kappa shape index (κ3) is 4.16. The second-order valence-electron chi connectivity index (χ2n) is 5.40. The molecule has 1 atom stereocenters. The first kappa shape index (κ1) is 17.6. The van der Waals surface area contributed by atoms with Crippen LogP contribution in [-0.2, 0) is 17.6 Å². The fourth-order valence-electron chi connectivity index (χ4n) is 2.51. The first-order valence-electron chi connectivity index (χ1n) is 7.16. The molecule has 1 N–H and O–H groups in total. The van der Waals surface area contributed by atoms with Crippen LogP contribution in [0.2, 0.25) is 0 Å². The average molecular weight is 343 g/mol. The van der Waals surface area contributed by atoms with E-state index in [9.17, 15) is 23.2 Å². The Balaban J connectivity index is 2.15. The lowest BCUT2D eigenvalue weighted by molar-refractivity contribution is -0.137. The fraction of sp³-hybridized carbons (Fsp3) is 0.533. The van der Waals surface area contributed by atoms with E-state index in [0.29, 0.717) is 10.6 Å². The zero-order valence-electron chi connectivity index (χ0n) is 12.8. The average Bonchev–Trinajstić information content (AvgIpc) is 2.92. The Bertz CT molecular complexity index is 667. The lowest BCUT2D eigenvalue weighted by Crippen LogP contribution is -2.38. The number of nitriles is 1. The third-order valence-electron chi connectivity index (χ3n) is 3.70. The topological polar surface area (TPSA) is 65.8 Å². The Labute approximate surface area is 136 Å². The van der Waals surface area contributed by atoms with E-state index in [4.69, 9.17) is 0 Å². The van der Waals surface area contributed by atoms with Gasteiger partial charge in [0.25, 0.3) is 0 Å². The van der Waals surface area contributed by atoms with Crippen LogP contribution in [0.3, 0.4) is 0 Å². The van der Waals surface area contributed by atoms with Crippen molar-refractivity contribution in [3.05, 3.63) is 22.4 Å². The monoisotopic (exact) mass is 343 g/mol. The largest absolute Gasteiger partial charge is 0.405 e. The predicted octanol–water partition coefficient (Wildman–Crippen LogP) is 2.91. The molecule has 0 bridgehead atoms. The Morgan fingerprint density at radius 3 is 2.78 bits per heavy atom. The number of hydrogen-bond acceptors (Lipinski definition) is 4. The maximum atomic E-state index is 12.2. The lowest BCUT2D eigenvalue weighted by Gasteiger charge is -2.15. The van der Waals surface area contributed by atoms with Crippen LogP contribution in [0.4, 0.5) is 13.2 Å². The van der Waals surface area contributed by atoms with Gasteiger partial charge in [0, 0.05) is 5.69 Å². The molecule has 0 fully saturated rings. The summed E-state index contributed by atoms with van der Waals surface area (Å²) >= 11 is 1.02. The molecule has 0 aromatic carbocycles. The number of aryl methyl sites for hydroxylation is 1. The van der Waals surface area contributed by atoms with Gasteiger partial charge in [0.15, 0.2) is 0 Å². The molecule has 0 aliphatic heterocycles. The van der Waals surface area contributed by atoms with Crippen molar-refractivity contribution in [2.24, 2.45) is 0 Å². The molecule has 0 radical (unpaired) electrons. The highest BCUT2D eigenvalue weighted by Crippen LogP contribution is 2.33. The minimum Gasteiger partial charge on any atom is -0.346 e. The molecule has 124 valence electrons. The Hall–Kier alpha value is -1.75. The summed E-state index contributed by atoms with van der Waals surface area (Å²) in [4.78, 5) is 16.2. The number of hydrogen-bond donors (Lipinski definition) is 1. The van der Waals surface area contributed by atoms with Crippen molar-refractivity contribution in [2.45, 2.75) is 49.6 Å². The first-order valence-corrected chi connectivity index (χ1v) is 8.04. The smallest absolute Gasteiger partial charge is 0.346 e. The summed E-state index contributed by atoms with van der Waals surface area (Å²) < 4.78 is 36.5. The second kappa shape index (κ2) is 6.79. The van der Waals surface area contributed by atoms with E-state index in [1.807, 2.05) is 12.2 Å². The zero-order chi connectivity index (χ0) is 17.2. The fourth-order valence-corrected chi connectivity index (χ4v) is 3.52. The van der Waals surface area contributed by atoms with Crippen molar-refractivity contribution in [3.63, 3.8) is 0 Å². The molecule has 1 amide bonds. The molecule has 2 rings (SSSR count). The van der Waals surface area contributed by atoms with Crippen LogP contribution in [0.25, 0.3) is 0 Å². The molecule has 1 unspecified atom stereocenters. The van der Waals surface area contributed by atoms with Crippen LogP contribution < -0.4 is 5.32 Å². The van der Waals surface area contributed by atoms with Crippen molar-refractivity contribution in [1.29, 1.82) is 5.26 Å². The van der Waals surface area contributed by atoms with Gasteiger partial charge in [-0.15, -0.1) is 0 Å². The number of amides is 1. The van der Waals surface area contributed by atoms with Crippen molar-refractivity contribution >= 4 is 17.7 Å². The van der Waals surface area contributed by atoms with Gasteiger partial charge < -0.3 is 5.32 Å². The standard InChI is InChI=1S/C15H16F3N3OS/c1-8-10-4-3-5-12(10)21-14(11(8)6-19)23-9(2)13(22)20-7-15(16,17)18/h9H,3-5,7H2,1-2H3,(H,20,22). The van der Waals surface area contributed by atoms with Crippen molar-refractivity contribution in [2.75, 3.05) is 6.54 Å². The maximum Gasteiger partial charge on any atom is 0.405 e. The summed E-state index contributed by atoms with van der Waals surface area (Å²) in [7, 11) is 0. The van der Waals surface area contributed by atoms with Gasteiger partial charge in [0.2, 0.25) is 5.91 Å². The molecule has 0 saturated heterocycles. The highest BCUT2D eigenvalue weighted by molar-refractivity contribution is 8.00. The van der Waals surface area contributed by atoms with Gasteiger partial charge in [0.1, 0.15) is 17.6 Å². The number of alkyl halides is 3. The van der Waals surface area contributed by atoms with Crippen LogP contribution in [0, 0.1) is 18.3 Å². The normalized spacial score (nSPS) is 15.0. The van der Waals surface area contributed by atoms with E-state index in [-0.39, 0.29) is 0 Å². The number of pyridine rings is 1. The number of aromatic nitrogens is 1. The van der Waals surface area contributed by atoms with Gasteiger partial charge >= 0.3 is 6.18 Å². The highest BCUT2D eigenvalue weighted by Gasteiger charge is 2.29. The third-order valence-corrected chi connectivity index (χ3v) is 4.79. The second-order valence-corrected chi connectivity index (χ2v) is 6.73. The van der Waals surface area contributed by atoms with Gasteiger partial charge in [-0.1, -0.05) is 11.8 Å². The number of nitrogens with zero attached hydrogens (tertiary/aromatic N) is 2. The molecule has 0 saturated carbocycles. The number of nitrogens with one attached hydrogen (secondary N) is 1. The van der Waals surface area contributed by atoms with E-state index in [1.54, 1.807) is 0 Å². The summed E-state index contributed by atoms with van der Waals surface area (Å²) in [5.41, 5.74) is 3.28. The number of carbonyl (C=O) groups excluding carboxylic acids is 1.